The summed E-state index contributed by atoms with van der Waals surface area (Å²) in [6.07, 6.45) is 6.22. The minimum atomic E-state index is -0.724. The Morgan fingerprint density at radius 1 is 1.26 bits per heavy atom. The van der Waals surface area contributed by atoms with Gasteiger partial charge in [-0.2, -0.15) is 0 Å². The first-order valence-electron chi connectivity index (χ1n) is 9.58. The van der Waals surface area contributed by atoms with Gasteiger partial charge in [0.25, 0.3) is 0 Å². The highest BCUT2D eigenvalue weighted by atomic mass is 16.5. The van der Waals surface area contributed by atoms with E-state index in [1.165, 1.54) is 7.11 Å². The zero-order chi connectivity index (χ0) is 19.3. The molecule has 27 heavy (non-hydrogen) atoms. The Bertz CT molecular complexity index is 735. The topological polar surface area (TPSA) is 105 Å². The zero-order valence-corrected chi connectivity index (χ0v) is 15.6. The average molecular weight is 375 g/mol. The van der Waals surface area contributed by atoms with E-state index in [0.29, 0.717) is 13.0 Å². The molecular formula is C19H25N3O5. The van der Waals surface area contributed by atoms with E-state index >= 15 is 0 Å². The van der Waals surface area contributed by atoms with Crippen LogP contribution in [-0.2, 0) is 19.1 Å². The lowest BCUT2D eigenvalue weighted by Gasteiger charge is -2.38. The van der Waals surface area contributed by atoms with E-state index in [4.69, 9.17) is 4.74 Å². The fraction of sp³-hybridized carbons (Fsp3) is 0.684. The highest BCUT2D eigenvalue weighted by Gasteiger charge is 2.58. The number of amides is 4. The van der Waals surface area contributed by atoms with Crippen LogP contribution in [-0.4, -0.2) is 54.5 Å². The van der Waals surface area contributed by atoms with Gasteiger partial charge in [0, 0.05) is 13.1 Å². The fourth-order valence-electron chi connectivity index (χ4n) is 5.58. The number of esters is 1. The van der Waals surface area contributed by atoms with Crippen molar-refractivity contribution in [1.82, 2.24) is 15.5 Å². The Balaban J connectivity index is 1.60. The van der Waals surface area contributed by atoms with Gasteiger partial charge in [0.05, 0.1) is 30.4 Å². The van der Waals surface area contributed by atoms with Crippen LogP contribution in [0.25, 0.3) is 0 Å². The van der Waals surface area contributed by atoms with Gasteiger partial charge in [-0.3, -0.25) is 19.7 Å². The van der Waals surface area contributed by atoms with Crippen molar-refractivity contribution in [2.75, 3.05) is 20.2 Å². The summed E-state index contributed by atoms with van der Waals surface area (Å²) in [7, 11) is 1.35. The third-order valence-corrected chi connectivity index (χ3v) is 6.68. The number of rotatable bonds is 4. The predicted octanol–water partition coefficient (Wildman–Crippen LogP) is 0.434. The Morgan fingerprint density at radius 2 is 1.96 bits per heavy atom. The van der Waals surface area contributed by atoms with Crippen LogP contribution in [0, 0.1) is 29.6 Å². The number of likely N-dealkylation sites (tertiary alicyclic amines) is 1. The molecule has 2 aliphatic carbocycles. The molecule has 4 amide bonds. The number of fused-ring (bicyclic) bond motifs is 3. The van der Waals surface area contributed by atoms with Crippen LogP contribution < -0.4 is 10.6 Å². The number of urea groups is 1. The molecule has 146 valence electrons. The summed E-state index contributed by atoms with van der Waals surface area (Å²) in [5.41, 5.74) is -0.724. The fourth-order valence-corrected chi connectivity index (χ4v) is 5.58. The summed E-state index contributed by atoms with van der Waals surface area (Å²) in [6.45, 7) is 2.55. The molecule has 2 unspecified atom stereocenters. The van der Waals surface area contributed by atoms with Gasteiger partial charge >= 0.3 is 12.0 Å². The van der Waals surface area contributed by atoms with Crippen LogP contribution in [0.1, 0.15) is 26.2 Å². The molecule has 2 heterocycles. The van der Waals surface area contributed by atoms with Gasteiger partial charge in [0.2, 0.25) is 11.8 Å². The molecule has 1 saturated carbocycles. The van der Waals surface area contributed by atoms with Crippen molar-refractivity contribution in [2.24, 2.45) is 29.6 Å². The second-order valence-corrected chi connectivity index (χ2v) is 8.14. The molecule has 0 aromatic rings. The summed E-state index contributed by atoms with van der Waals surface area (Å²) < 4.78 is 4.95. The quantitative estimate of drug-likeness (QED) is 0.548. The van der Waals surface area contributed by atoms with E-state index in [9.17, 15) is 19.2 Å². The molecule has 6 atom stereocenters. The largest absolute Gasteiger partial charge is 0.469 e. The van der Waals surface area contributed by atoms with Gasteiger partial charge in [0.1, 0.15) is 0 Å². The van der Waals surface area contributed by atoms with Crippen molar-refractivity contribution in [3.63, 3.8) is 0 Å². The second kappa shape index (κ2) is 6.35. The van der Waals surface area contributed by atoms with Crippen molar-refractivity contribution in [2.45, 2.75) is 31.7 Å². The summed E-state index contributed by atoms with van der Waals surface area (Å²) in [5.74, 6) is -2.13. The van der Waals surface area contributed by atoms with Crippen molar-refractivity contribution >= 4 is 23.8 Å². The number of nitrogens with zero attached hydrogens (tertiary/aromatic N) is 1. The molecule has 4 aliphatic rings. The average Bonchev–Trinajstić information content (AvgIpc) is 3.33. The number of ether oxygens (including phenoxy) is 1. The zero-order valence-electron chi connectivity index (χ0n) is 15.6. The SMILES string of the molecule is CCCC12CN(C(=O)[C@H]3[C@@H](C(=O)OC)[C@H]4C=C[C@@H]3C4)CC1C(=O)NC(=O)N2. The summed E-state index contributed by atoms with van der Waals surface area (Å²) in [4.78, 5) is 51.7. The highest BCUT2D eigenvalue weighted by molar-refractivity contribution is 6.00. The summed E-state index contributed by atoms with van der Waals surface area (Å²) >= 11 is 0. The normalized spacial score (nSPS) is 39.2. The number of nitrogens with one attached hydrogen (secondary N) is 2. The van der Waals surface area contributed by atoms with E-state index < -0.39 is 29.3 Å². The second-order valence-electron chi connectivity index (χ2n) is 8.14. The van der Waals surface area contributed by atoms with Crippen molar-refractivity contribution < 1.29 is 23.9 Å². The van der Waals surface area contributed by atoms with Gasteiger partial charge in [-0.15, -0.1) is 0 Å². The number of carbonyl (C=O) groups is 4. The first-order chi connectivity index (χ1) is 12.9. The van der Waals surface area contributed by atoms with Gasteiger partial charge < -0.3 is 15.0 Å². The Morgan fingerprint density at radius 3 is 2.63 bits per heavy atom. The van der Waals surface area contributed by atoms with Crippen LogP contribution >= 0.6 is 0 Å². The molecule has 8 heteroatoms. The minimum Gasteiger partial charge on any atom is -0.469 e. The molecule has 2 saturated heterocycles. The summed E-state index contributed by atoms with van der Waals surface area (Å²) in [5, 5.41) is 5.22. The standard InChI is InChI=1S/C19H25N3O5/c1-3-6-19-9-22(8-12(19)15(23)20-18(26)21-19)16(24)13-10-4-5-11(7-10)14(13)17(25)27-2/h4-5,10-14H,3,6-9H2,1-2H3,(H2,20,21,23,26)/t10-,11+,12?,13-,14+,19?/m1/s1. The lowest BCUT2D eigenvalue weighted by atomic mass is 9.81. The maximum Gasteiger partial charge on any atom is 0.321 e. The van der Waals surface area contributed by atoms with Crippen LogP contribution in [0.3, 0.4) is 0 Å². The van der Waals surface area contributed by atoms with Crippen molar-refractivity contribution in [1.29, 1.82) is 0 Å². The molecule has 8 nitrogen and oxygen atoms in total. The maximum absolute atomic E-state index is 13.4. The van der Waals surface area contributed by atoms with Crippen LogP contribution in [0.15, 0.2) is 12.2 Å². The van der Waals surface area contributed by atoms with E-state index in [2.05, 4.69) is 10.6 Å². The third kappa shape index (κ3) is 2.64. The maximum atomic E-state index is 13.4. The molecule has 0 spiro atoms. The molecular weight excluding hydrogens is 350 g/mol. The molecule has 2 aliphatic heterocycles. The monoisotopic (exact) mass is 375 g/mol. The Hall–Kier alpha value is -2.38. The minimum absolute atomic E-state index is 0.0276. The molecule has 2 N–H and O–H groups in total. The lowest BCUT2D eigenvalue weighted by Crippen LogP contribution is -2.66. The van der Waals surface area contributed by atoms with E-state index in [-0.39, 0.29) is 36.2 Å². The van der Waals surface area contributed by atoms with Gasteiger partial charge in [-0.25, -0.2) is 4.79 Å². The van der Waals surface area contributed by atoms with E-state index in [0.717, 1.165) is 12.8 Å². The van der Waals surface area contributed by atoms with Gasteiger partial charge in [-0.1, -0.05) is 25.5 Å². The molecule has 4 rings (SSSR count). The number of hydrogen-bond donors (Lipinski definition) is 2. The first-order valence-corrected chi connectivity index (χ1v) is 9.58. The smallest absolute Gasteiger partial charge is 0.321 e. The van der Waals surface area contributed by atoms with E-state index in [1.54, 1.807) is 4.90 Å². The number of methoxy groups -OCH3 is 1. The van der Waals surface area contributed by atoms with E-state index in [1.807, 2.05) is 19.1 Å². The van der Waals surface area contributed by atoms with Gasteiger partial charge in [0.15, 0.2) is 0 Å². The summed E-state index contributed by atoms with van der Waals surface area (Å²) in [6, 6.07) is -0.505. The van der Waals surface area contributed by atoms with Gasteiger partial charge in [-0.05, 0) is 24.7 Å². The first kappa shape index (κ1) is 18.0. The number of imide groups is 1. The molecule has 0 radical (unpaired) electrons. The Labute approximate surface area is 157 Å². The molecule has 0 aromatic carbocycles. The van der Waals surface area contributed by atoms with Crippen molar-refractivity contribution in [3.8, 4) is 0 Å². The lowest BCUT2D eigenvalue weighted by molar-refractivity contribution is -0.153. The molecule has 0 aromatic heterocycles. The van der Waals surface area contributed by atoms with Crippen molar-refractivity contribution in [3.05, 3.63) is 12.2 Å². The molecule has 3 fully saturated rings. The van der Waals surface area contributed by atoms with Crippen LogP contribution in [0.2, 0.25) is 0 Å². The van der Waals surface area contributed by atoms with Crippen LogP contribution in [0.4, 0.5) is 4.79 Å². The molecule has 2 bridgehead atoms. The number of hydrogen-bond acceptors (Lipinski definition) is 5. The Kier molecular flexibility index (Phi) is 4.24. The van der Waals surface area contributed by atoms with Crippen LogP contribution in [0.5, 0.6) is 0 Å². The predicted molar refractivity (Wildman–Crippen MR) is 94.1 cm³/mol. The third-order valence-electron chi connectivity index (χ3n) is 6.68. The number of allylic oxidation sites excluding steroid dienone is 2. The highest BCUT2D eigenvalue weighted by Crippen LogP contribution is 2.50. The number of carbonyl (C=O) groups excluding carboxylic acids is 4.